The summed E-state index contributed by atoms with van der Waals surface area (Å²) in [6.45, 7) is 8.08. The molecule has 1 aliphatic rings. The van der Waals surface area contributed by atoms with Crippen LogP contribution in [0.4, 0.5) is 4.39 Å². The number of halogens is 2. The Bertz CT molecular complexity index is 996. The van der Waals surface area contributed by atoms with Gasteiger partial charge < -0.3 is 15.3 Å². The van der Waals surface area contributed by atoms with Crippen LogP contribution in [0, 0.1) is 17.3 Å². The molecule has 6 nitrogen and oxygen atoms in total. The van der Waals surface area contributed by atoms with Crippen molar-refractivity contribution >= 4 is 23.4 Å². The number of hydrogen-bond donors (Lipinski definition) is 2. The highest BCUT2D eigenvalue weighted by molar-refractivity contribution is 6.30. The Morgan fingerprint density at radius 3 is 2.44 bits per heavy atom. The van der Waals surface area contributed by atoms with Crippen molar-refractivity contribution < 1.29 is 19.1 Å². The lowest BCUT2D eigenvalue weighted by atomic mass is 9.66. The molecule has 0 aliphatic carbocycles. The van der Waals surface area contributed by atoms with Crippen LogP contribution in [0.2, 0.25) is 5.02 Å². The second kappa shape index (κ2) is 9.16. The number of pyridine rings is 1. The Morgan fingerprint density at radius 1 is 1.22 bits per heavy atom. The third kappa shape index (κ3) is 4.64. The van der Waals surface area contributed by atoms with Crippen LogP contribution < -0.4 is 5.32 Å². The molecule has 1 saturated heterocycles. The number of amides is 2. The number of benzene rings is 1. The van der Waals surface area contributed by atoms with Crippen LogP contribution in [-0.2, 0) is 10.4 Å². The van der Waals surface area contributed by atoms with Gasteiger partial charge in [-0.05, 0) is 42.2 Å². The van der Waals surface area contributed by atoms with E-state index >= 15 is 0 Å². The number of rotatable bonds is 5. The minimum absolute atomic E-state index is 0.206. The molecule has 2 heterocycles. The highest BCUT2D eigenvalue weighted by Gasteiger charge is 2.50. The molecule has 3 rings (SSSR count). The molecule has 1 fully saturated rings. The monoisotopic (exact) mass is 461 g/mol. The van der Waals surface area contributed by atoms with E-state index in [1.54, 1.807) is 29.2 Å². The topological polar surface area (TPSA) is 82.5 Å². The molecule has 2 aromatic rings. The molecule has 2 atom stereocenters. The molecule has 1 aliphatic heterocycles. The smallest absolute Gasteiger partial charge is 0.256 e. The molecule has 0 unspecified atom stereocenters. The lowest BCUT2D eigenvalue weighted by molar-refractivity contribution is -0.155. The van der Waals surface area contributed by atoms with Crippen LogP contribution in [0.3, 0.4) is 0 Å². The molecule has 8 heteroatoms. The van der Waals surface area contributed by atoms with E-state index in [1.165, 1.54) is 18.3 Å². The first-order valence-electron chi connectivity index (χ1n) is 10.6. The molecule has 0 saturated carbocycles. The second-order valence-corrected chi connectivity index (χ2v) is 9.73. The average Bonchev–Trinajstić information content (AvgIpc) is 2.73. The quantitative estimate of drug-likeness (QED) is 0.664. The Kier molecular flexibility index (Phi) is 6.91. The summed E-state index contributed by atoms with van der Waals surface area (Å²) in [7, 11) is 0. The van der Waals surface area contributed by atoms with E-state index in [-0.39, 0.29) is 17.4 Å². The van der Waals surface area contributed by atoms with Crippen LogP contribution in [-0.4, -0.2) is 45.9 Å². The fourth-order valence-corrected chi connectivity index (χ4v) is 4.38. The zero-order valence-corrected chi connectivity index (χ0v) is 19.5. The van der Waals surface area contributed by atoms with Crippen molar-refractivity contribution in [2.45, 2.75) is 45.8 Å². The lowest BCUT2D eigenvalue weighted by Gasteiger charge is -2.51. The van der Waals surface area contributed by atoms with Crippen LogP contribution in [0.25, 0.3) is 0 Å². The lowest BCUT2D eigenvalue weighted by Crippen LogP contribution is -2.60. The molecular weight excluding hydrogens is 433 g/mol. The Morgan fingerprint density at radius 2 is 1.88 bits per heavy atom. The summed E-state index contributed by atoms with van der Waals surface area (Å²) in [6, 6.07) is 9.06. The summed E-state index contributed by atoms with van der Waals surface area (Å²) in [5.74, 6) is -2.04. The predicted octanol–water partition coefficient (Wildman–Crippen LogP) is 3.77. The van der Waals surface area contributed by atoms with Crippen molar-refractivity contribution in [3.05, 3.63) is 64.7 Å². The first-order valence-corrected chi connectivity index (χ1v) is 11.0. The van der Waals surface area contributed by atoms with Crippen LogP contribution in [0.1, 0.15) is 50.0 Å². The number of carbonyl (C=O) groups excluding carboxylic acids is 2. The van der Waals surface area contributed by atoms with Gasteiger partial charge in [-0.15, -0.1) is 0 Å². The highest BCUT2D eigenvalue weighted by Crippen LogP contribution is 2.46. The van der Waals surface area contributed by atoms with Gasteiger partial charge in [-0.2, -0.15) is 4.39 Å². The normalized spacial score (nSPS) is 21.3. The van der Waals surface area contributed by atoms with Gasteiger partial charge in [0.05, 0.1) is 11.2 Å². The third-order valence-electron chi connectivity index (χ3n) is 6.31. The number of carbonyl (C=O) groups is 2. The largest absolute Gasteiger partial charge is 0.384 e. The Balaban J connectivity index is 1.78. The van der Waals surface area contributed by atoms with Gasteiger partial charge >= 0.3 is 0 Å². The first kappa shape index (κ1) is 24.1. The number of piperidine rings is 1. The van der Waals surface area contributed by atoms with Gasteiger partial charge in [-0.3, -0.25) is 9.59 Å². The fraction of sp³-hybridized carbons (Fsp3) is 0.458. The maximum absolute atomic E-state index is 13.9. The fourth-order valence-electron chi connectivity index (χ4n) is 4.26. The third-order valence-corrected chi connectivity index (χ3v) is 6.56. The molecule has 1 aromatic heterocycles. The van der Waals surface area contributed by atoms with E-state index in [1.807, 2.05) is 27.7 Å². The Labute approximate surface area is 192 Å². The van der Waals surface area contributed by atoms with Gasteiger partial charge in [-0.25, -0.2) is 4.98 Å². The molecule has 1 aromatic carbocycles. The van der Waals surface area contributed by atoms with E-state index in [4.69, 9.17) is 11.6 Å². The average molecular weight is 462 g/mol. The minimum Gasteiger partial charge on any atom is -0.384 e. The zero-order valence-electron chi connectivity index (χ0n) is 18.7. The van der Waals surface area contributed by atoms with E-state index < -0.39 is 28.9 Å². The molecule has 172 valence electrons. The van der Waals surface area contributed by atoms with E-state index in [0.29, 0.717) is 24.5 Å². The van der Waals surface area contributed by atoms with Crippen molar-refractivity contribution in [1.29, 1.82) is 0 Å². The summed E-state index contributed by atoms with van der Waals surface area (Å²) in [5.41, 5.74) is -1.25. The summed E-state index contributed by atoms with van der Waals surface area (Å²) in [5, 5.41) is 14.8. The number of nitrogens with zero attached hydrogens (tertiary/aromatic N) is 2. The minimum atomic E-state index is -1.14. The summed E-state index contributed by atoms with van der Waals surface area (Å²) < 4.78 is 13.9. The van der Waals surface area contributed by atoms with Crippen molar-refractivity contribution in [2.75, 3.05) is 13.1 Å². The van der Waals surface area contributed by atoms with Gasteiger partial charge in [0.25, 0.3) is 5.91 Å². The summed E-state index contributed by atoms with van der Waals surface area (Å²) in [6.07, 6.45) is 1.60. The van der Waals surface area contributed by atoms with Crippen molar-refractivity contribution in [3.8, 4) is 0 Å². The molecule has 2 amide bonds. The SMILES string of the molecule is CC(C)[C@@H](NC(=O)c1cccnc1F)C(=O)N1CC[C@](O)(c2ccc(Cl)cc2)C(C)(C)C1. The zero-order chi connectivity index (χ0) is 23.7. The maximum Gasteiger partial charge on any atom is 0.256 e. The molecular formula is C24H29ClFN3O3. The van der Waals surface area contributed by atoms with E-state index in [9.17, 15) is 19.1 Å². The standard InChI is InChI=1S/C24H29ClFN3O3/c1-15(2)19(28-21(30)18-6-5-12-27-20(18)26)22(31)29-13-11-24(32,23(3,4)14-29)16-7-9-17(25)10-8-16/h5-10,12,15,19,32H,11,13-14H2,1-4H3,(H,28,30)/t19-,24+/m1/s1. The van der Waals surface area contributed by atoms with Crippen LogP contribution >= 0.6 is 11.6 Å². The number of aromatic nitrogens is 1. The molecule has 0 spiro atoms. The molecule has 2 N–H and O–H groups in total. The van der Waals surface area contributed by atoms with Gasteiger partial charge in [0.15, 0.2) is 0 Å². The maximum atomic E-state index is 13.9. The first-order chi connectivity index (χ1) is 15.0. The molecule has 32 heavy (non-hydrogen) atoms. The predicted molar refractivity (Wildman–Crippen MR) is 121 cm³/mol. The molecule has 0 bridgehead atoms. The van der Waals surface area contributed by atoms with Crippen LogP contribution in [0.5, 0.6) is 0 Å². The van der Waals surface area contributed by atoms with Gasteiger partial charge in [0.2, 0.25) is 11.9 Å². The van der Waals surface area contributed by atoms with Crippen molar-refractivity contribution in [1.82, 2.24) is 15.2 Å². The number of aliphatic hydroxyl groups is 1. The highest BCUT2D eigenvalue weighted by atomic mass is 35.5. The summed E-state index contributed by atoms with van der Waals surface area (Å²) in [4.78, 5) is 31.1. The number of likely N-dealkylation sites (tertiary alicyclic amines) is 1. The van der Waals surface area contributed by atoms with Crippen molar-refractivity contribution in [2.24, 2.45) is 11.3 Å². The van der Waals surface area contributed by atoms with Crippen molar-refractivity contribution in [3.63, 3.8) is 0 Å². The van der Waals surface area contributed by atoms with E-state index in [2.05, 4.69) is 10.3 Å². The number of hydrogen-bond acceptors (Lipinski definition) is 4. The second-order valence-electron chi connectivity index (χ2n) is 9.30. The Hall–Kier alpha value is -2.51. The van der Waals surface area contributed by atoms with Gasteiger partial charge in [0.1, 0.15) is 6.04 Å². The molecule has 0 radical (unpaired) electrons. The van der Waals surface area contributed by atoms with E-state index in [0.717, 1.165) is 5.56 Å². The van der Waals surface area contributed by atoms with Gasteiger partial charge in [0, 0.05) is 29.7 Å². The van der Waals surface area contributed by atoms with Gasteiger partial charge in [-0.1, -0.05) is 51.4 Å². The van der Waals surface area contributed by atoms with Crippen LogP contribution in [0.15, 0.2) is 42.6 Å². The number of nitrogens with one attached hydrogen (secondary N) is 1. The summed E-state index contributed by atoms with van der Waals surface area (Å²) >= 11 is 6.00.